The number of carbonyl (C=O) groups excluding carboxylic acids is 1. The summed E-state index contributed by atoms with van der Waals surface area (Å²) < 4.78 is 5.64. The van der Waals surface area contributed by atoms with E-state index in [1.807, 2.05) is 6.92 Å². The maximum atomic E-state index is 11.3. The highest BCUT2D eigenvalue weighted by molar-refractivity contribution is 5.79. The van der Waals surface area contributed by atoms with Crippen LogP contribution in [-0.2, 0) is 4.79 Å². The lowest BCUT2D eigenvalue weighted by Crippen LogP contribution is -2.25. The highest BCUT2D eigenvalue weighted by Crippen LogP contribution is 2.31. The number of carbonyl (C=O) groups is 1. The van der Waals surface area contributed by atoms with Crippen LogP contribution in [0.4, 0.5) is 5.69 Å². The maximum absolute atomic E-state index is 11.3. The fourth-order valence-electron chi connectivity index (χ4n) is 2.13. The van der Waals surface area contributed by atoms with Gasteiger partial charge in [-0.05, 0) is 31.4 Å². The van der Waals surface area contributed by atoms with Gasteiger partial charge in [-0.15, -0.1) is 0 Å². The SMILES string of the molecule is Cc1ccc([N+](=O)[O-])c(OC2CCCC(=O)C2)c1. The summed E-state index contributed by atoms with van der Waals surface area (Å²) in [4.78, 5) is 21.8. The lowest BCUT2D eigenvalue weighted by Gasteiger charge is -2.22. The van der Waals surface area contributed by atoms with Gasteiger partial charge in [0.2, 0.25) is 0 Å². The number of benzene rings is 1. The first-order valence-electron chi connectivity index (χ1n) is 5.99. The number of hydrogen-bond acceptors (Lipinski definition) is 4. The van der Waals surface area contributed by atoms with Gasteiger partial charge in [0.1, 0.15) is 11.9 Å². The van der Waals surface area contributed by atoms with Crippen molar-refractivity contribution in [2.75, 3.05) is 0 Å². The third kappa shape index (κ3) is 2.85. The van der Waals surface area contributed by atoms with E-state index in [1.165, 1.54) is 6.07 Å². The fraction of sp³-hybridized carbons (Fsp3) is 0.462. The molecule has 0 heterocycles. The van der Waals surface area contributed by atoms with Gasteiger partial charge in [-0.25, -0.2) is 0 Å². The number of aryl methyl sites for hydroxylation is 1. The normalized spacial score (nSPS) is 19.6. The van der Waals surface area contributed by atoms with Crippen LogP contribution in [0.3, 0.4) is 0 Å². The molecule has 0 aliphatic heterocycles. The Morgan fingerprint density at radius 2 is 2.22 bits per heavy atom. The van der Waals surface area contributed by atoms with Gasteiger partial charge >= 0.3 is 5.69 Å². The average molecular weight is 249 g/mol. The van der Waals surface area contributed by atoms with Crippen molar-refractivity contribution in [1.29, 1.82) is 0 Å². The molecule has 1 aliphatic carbocycles. The molecular weight excluding hydrogens is 234 g/mol. The minimum atomic E-state index is -0.459. The lowest BCUT2D eigenvalue weighted by molar-refractivity contribution is -0.386. The smallest absolute Gasteiger partial charge is 0.310 e. The molecule has 1 aromatic rings. The van der Waals surface area contributed by atoms with Crippen molar-refractivity contribution in [3.05, 3.63) is 33.9 Å². The molecule has 1 saturated carbocycles. The third-order valence-electron chi connectivity index (χ3n) is 3.04. The van der Waals surface area contributed by atoms with E-state index in [0.29, 0.717) is 12.8 Å². The van der Waals surface area contributed by atoms with Crippen LogP contribution >= 0.6 is 0 Å². The Balaban J connectivity index is 2.19. The molecule has 1 unspecified atom stereocenters. The molecule has 0 aromatic heterocycles. The first kappa shape index (κ1) is 12.5. The lowest BCUT2D eigenvalue weighted by atomic mass is 9.96. The molecule has 0 spiro atoms. The second kappa shape index (κ2) is 5.16. The summed E-state index contributed by atoms with van der Waals surface area (Å²) in [6, 6.07) is 4.77. The van der Waals surface area contributed by atoms with Gasteiger partial charge in [-0.3, -0.25) is 14.9 Å². The number of nitro groups is 1. The quantitative estimate of drug-likeness (QED) is 0.610. The minimum Gasteiger partial charge on any atom is -0.483 e. The predicted octanol–water partition coefficient (Wildman–Crippen LogP) is 2.79. The van der Waals surface area contributed by atoms with E-state index in [0.717, 1.165) is 18.4 Å². The van der Waals surface area contributed by atoms with Crippen LogP contribution < -0.4 is 4.74 Å². The molecule has 0 saturated heterocycles. The molecule has 0 radical (unpaired) electrons. The molecule has 5 nitrogen and oxygen atoms in total. The molecule has 96 valence electrons. The van der Waals surface area contributed by atoms with Crippen molar-refractivity contribution in [2.24, 2.45) is 0 Å². The second-order valence-corrected chi connectivity index (χ2v) is 4.60. The van der Waals surface area contributed by atoms with E-state index in [-0.39, 0.29) is 23.3 Å². The largest absolute Gasteiger partial charge is 0.483 e. The molecule has 1 fully saturated rings. The summed E-state index contributed by atoms with van der Waals surface area (Å²) in [5, 5.41) is 10.9. The van der Waals surface area contributed by atoms with Crippen LogP contribution in [0.2, 0.25) is 0 Å². The molecule has 0 amide bonds. The maximum Gasteiger partial charge on any atom is 0.310 e. The molecule has 1 aromatic carbocycles. The molecule has 1 aliphatic rings. The Kier molecular flexibility index (Phi) is 3.60. The van der Waals surface area contributed by atoms with Crippen LogP contribution in [0.5, 0.6) is 5.75 Å². The Hall–Kier alpha value is -1.91. The summed E-state index contributed by atoms with van der Waals surface area (Å²) in [5.74, 6) is 0.432. The van der Waals surface area contributed by atoms with Gasteiger partial charge in [0, 0.05) is 18.9 Å². The van der Waals surface area contributed by atoms with Crippen LogP contribution in [0.1, 0.15) is 31.2 Å². The fourth-order valence-corrected chi connectivity index (χ4v) is 2.13. The van der Waals surface area contributed by atoms with Crippen molar-refractivity contribution in [2.45, 2.75) is 38.7 Å². The van der Waals surface area contributed by atoms with Gasteiger partial charge in [-0.2, -0.15) is 0 Å². The summed E-state index contributed by atoms with van der Waals surface area (Å²) >= 11 is 0. The van der Waals surface area contributed by atoms with Crippen molar-refractivity contribution in [3.63, 3.8) is 0 Å². The number of hydrogen-bond donors (Lipinski definition) is 0. The van der Waals surface area contributed by atoms with Gasteiger partial charge in [-0.1, -0.05) is 6.07 Å². The summed E-state index contributed by atoms with van der Waals surface area (Å²) in [6.45, 7) is 1.85. The number of ketones is 1. The van der Waals surface area contributed by atoms with E-state index in [1.54, 1.807) is 12.1 Å². The molecule has 1 atom stereocenters. The summed E-state index contributed by atoms with van der Waals surface area (Å²) in [7, 11) is 0. The second-order valence-electron chi connectivity index (χ2n) is 4.60. The number of nitro benzene ring substituents is 1. The molecule has 18 heavy (non-hydrogen) atoms. The van der Waals surface area contributed by atoms with Crippen LogP contribution in [0.25, 0.3) is 0 Å². The number of ether oxygens (including phenoxy) is 1. The third-order valence-corrected chi connectivity index (χ3v) is 3.04. The van der Waals surface area contributed by atoms with E-state index in [9.17, 15) is 14.9 Å². The number of Topliss-reactive ketones (excluding diaryl/α,β-unsaturated/α-hetero) is 1. The molecule has 0 bridgehead atoms. The Bertz CT molecular complexity index is 484. The van der Waals surface area contributed by atoms with Gasteiger partial charge in [0.05, 0.1) is 4.92 Å². The number of rotatable bonds is 3. The van der Waals surface area contributed by atoms with Gasteiger partial charge in [0.25, 0.3) is 0 Å². The highest BCUT2D eigenvalue weighted by Gasteiger charge is 2.24. The van der Waals surface area contributed by atoms with Crippen LogP contribution in [0, 0.1) is 17.0 Å². The standard InChI is InChI=1S/C13H15NO4/c1-9-5-6-12(14(16)17)13(7-9)18-11-4-2-3-10(15)8-11/h5-7,11H,2-4,8H2,1H3. The Morgan fingerprint density at radius 1 is 1.44 bits per heavy atom. The van der Waals surface area contributed by atoms with E-state index < -0.39 is 4.92 Å². The zero-order valence-corrected chi connectivity index (χ0v) is 10.2. The first-order valence-corrected chi connectivity index (χ1v) is 5.99. The molecule has 2 rings (SSSR count). The molecule has 0 N–H and O–H groups in total. The van der Waals surface area contributed by atoms with Crippen molar-refractivity contribution in [3.8, 4) is 5.75 Å². The van der Waals surface area contributed by atoms with Crippen LogP contribution in [-0.4, -0.2) is 16.8 Å². The van der Waals surface area contributed by atoms with Gasteiger partial charge < -0.3 is 4.74 Å². The monoisotopic (exact) mass is 249 g/mol. The Morgan fingerprint density at radius 3 is 2.89 bits per heavy atom. The van der Waals surface area contributed by atoms with E-state index in [2.05, 4.69) is 0 Å². The van der Waals surface area contributed by atoms with Gasteiger partial charge in [0.15, 0.2) is 5.75 Å². The summed E-state index contributed by atoms with van der Waals surface area (Å²) in [6.07, 6.45) is 2.28. The highest BCUT2D eigenvalue weighted by atomic mass is 16.6. The van der Waals surface area contributed by atoms with Crippen molar-refractivity contribution < 1.29 is 14.5 Å². The zero-order valence-electron chi connectivity index (χ0n) is 10.2. The first-order chi connectivity index (χ1) is 8.56. The van der Waals surface area contributed by atoms with Crippen molar-refractivity contribution >= 4 is 11.5 Å². The topological polar surface area (TPSA) is 69.4 Å². The zero-order chi connectivity index (χ0) is 13.1. The predicted molar refractivity (Wildman–Crippen MR) is 65.7 cm³/mol. The van der Waals surface area contributed by atoms with Crippen molar-refractivity contribution in [1.82, 2.24) is 0 Å². The molecule has 5 heteroatoms. The van der Waals surface area contributed by atoms with Crippen LogP contribution in [0.15, 0.2) is 18.2 Å². The van der Waals surface area contributed by atoms with E-state index >= 15 is 0 Å². The Labute approximate surface area is 105 Å². The minimum absolute atomic E-state index is 0.0429. The van der Waals surface area contributed by atoms with E-state index in [4.69, 9.17) is 4.74 Å². The average Bonchev–Trinajstić information content (AvgIpc) is 2.28. The molecular formula is C13H15NO4. The summed E-state index contributed by atoms with van der Waals surface area (Å²) in [5.41, 5.74) is 0.858. The number of nitrogens with zero attached hydrogens (tertiary/aromatic N) is 1.